The van der Waals surface area contributed by atoms with Gasteiger partial charge in [-0.1, -0.05) is 0 Å². The van der Waals surface area contributed by atoms with E-state index in [4.69, 9.17) is 19.0 Å². The van der Waals surface area contributed by atoms with Crippen LogP contribution in [0, 0.1) is 0 Å². The highest BCUT2D eigenvalue weighted by atomic mass is 16.4. The van der Waals surface area contributed by atoms with Gasteiger partial charge in [0.15, 0.2) is 11.3 Å². The highest BCUT2D eigenvalue weighted by Gasteiger charge is 2.16. The molecule has 0 atom stereocenters. The summed E-state index contributed by atoms with van der Waals surface area (Å²) in [6.45, 7) is 0. The summed E-state index contributed by atoms with van der Waals surface area (Å²) < 4.78 is 16.5. The summed E-state index contributed by atoms with van der Waals surface area (Å²) in [5.74, 6) is 1.68. The van der Waals surface area contributed by atoms with E-state index >= 15 is 0 Å². The minimum atomic E-state index is 0.420. The van der Waals surface area contributed by atoms with E-state index in [9.17, 15) is 0 Å². The van der Waals surface area contributed by atoms with Crippen molar-refractivity contribution in [3.05, 3.63) is 48.9 Å². The minimum absolute atomic E-state index is 0.420. The molecule has 20 heavy (non-hydrogen) atoms. The molecule has 3 aromatic heterocycles. The summed E-state index contributed by atoms with van der Waals surface area (Å²) in [4.78, 5) is 4.40. The number of nitrogens with zero attached hydrogens (tertiary/aromatic N) is 1. The number of rotatable bonds is 2. The van der Waals surface area contributed by atoms with Crippen molar-refractivity contribution in [2.75, 3.05) is 5.73 Å². The Morgan fingerprint density at radius 1 is 0.950 bits per heavy atom. The first kappa shape index (κ1) is 10.9. The van der Waals surface area contributed by atoms with E-state index in [-0.39, 0.29) is 0 Å². The third-order valence-electron chi connectivity index (χ3n) is 3.03. The van der Waals surface area contributed by atoms with Crippen LogP contribution in [0.1, 0.15) is 0 Å². The van der Waals surface area contributed by atoms with Gasteiger partial charge in [0.2, 0.25) is 0 Å². The van der Waals surface area contributed by atoms with Crippen LogP contribution in [-0.4, -0.2) is 4.98 Å². The van der Waals surface area contributed by atoms with Crippen LogP contribution in [0.2, 0.25) is 0 Å². The van der Waals surface area contributed by atoms with Crippen LogP contribution in [0.15, 0.2) is 62.2 Å². The van der Waals surface area contributed by atoms with Gasteiger partial charge in [-0.2, -0.15) is 0 Å². The Hall–Kier alpha value is -2.95. The predicted octanol–water partition coefficient (Wildman–Crippen LogP) is 3.93. The standard InChI is InChI=1S/C15H10N2O3/c16-9-7-10(12-3-1-5-18-12)14-11(8-9)17-15(20-14)13-4-2-6-19-13/h1-8H,16H2. The van der Waals surface area contributed by atoms with E-state index in [1.54, 1.807) is 36.8 Å². The number of hydrogen-bond acceptors (Lipinski definition) is 5. The molecule has 1 aromatic carbocycles. The highest BCUT2D eigenvalue weighted by molar-refractivity contribution is 5.92. The first-order valence-electron chi connectivity index (χ1n) is 6.09. The van der Waals surface area contributed by atoms with Gasteiger partial charge < -0.3 is 19.0 Å². The van der Waals surface area contributed by atoms with E-state index in [0.717, 1.165) is 5.56 Å². The second-order valence-electron chi connectivity index (χ2n) is 4.39. The Morgan fingerprint density at radius 3 is 2.40 bits per heavy atom. The molecule has 0 radical (unpaired) electrons. The zero-order valence-electron chi connectivity index (χ0n) is 10.4. The number of anilines is 1. The topological polar surface area (TPSA) is 78.3 Å². The number of furan rings is 2. The molecular formula is C15H10N2O3. The van der Waals surface area contributed by atoms with Gasteiger partial charge in [0.25, 0.3) is 5.89 Å². The molecule has 0 unspecified atom stereocenters. The van der Waals surface area contributed by atoms with Crippen molar-refractivity contribution in [2.24, 2.45) is 0 Å². The van der Waals surface area contributed by atoms with E-state index < -0.39 is 0 Å². The SMILES string of the molecule is Nc1cc(-c2ccco2)c2oc(-c3ccco3)nc2c1. The third-order valence-corrected chi connectivity index (χ3v) is 3.03. The van der Waals surface area contributed by atoms with E-state index in [0.29, 0.717) is 34.2 Å². The largest absolute Gasteiger partial charge is 0.464 e. The van der Waals surface area contributed by atoms with Gasteiger partial charge in [0.1, 0.15) is 11.3 Å². The zero-order valence-corrected chi connectivity index (χ0v) is 10.4. The Kier molecular flexibility index (Phi) is 2.20. The van der Waals surface area contributed by atoms with Crippen molar-refractivity contribution in [1.82, 2.24) is 4.98 Å². The lowest BCUT2D eigenvalue weighted by Crippen LogP contribution is -1.86. The summed E-state index contributed by atoms with van der Waals surface area (Å²) >= 11 is 0. The van der Waals surface area contributed by atoms with Gasteiger partial charge in [0, 0.05) is 5.69 Å². The molecule has 0 aliphatic heterocycles. The van der Waals surface area contributed by atoms with Gasteiger partial charge in [-0.25, -0.2) is 4.98 Å². The summed E-state index contributed by atoms with van der Waals surface area (Å²) in [5.41, 5.74) is 8.58. The molecule has 0 saturated carbocycles. The fourth-order valence-corrected chi connectivity index (χ4v) is 2.17. The summed E-state index contributed by atoms with van der Waals surface area (Å²) in [6.07, 6.45) is 3.18. The lowest BCUT2D eigenvalue weighted by molar-refractivity contribution is 0.534. The van der Waals surface area contributed by atoms with Gasteiger partial charge in [-0.05, 0) is 36.4 Å². The molecule has 4 rings (SSSR count). The molecule has 0 spiro atoms. The maximum atomic E-state index is 5.91. The number of nitrogens with two attached hydrogens (primary N) is 1. The second kappa shape index (κ2) is 4.03. The summed E-state index contributed by atoms with van der Waals surface area (Å²) in [5, 5.41) is 0. The fourth-order valence-electron chi connectivity index (χ4n) is 2.17. The average Bonchev–Trinajstić information content (AvgIpc) is 3.18. The molecule has 3 heterocycles. The second-order valence-corrected chi connectivity index (χ2v) is 4.39. The first-order chi connectivity index (χ1) is 9.81. The molecule has 0 bridgehead atoms. The molecule has 4 aromatic rings. The Morgan fingerprint density at radius 2 is 1.70 bits per heavy atom. The maximum absolute atomic E-state index is 5.91. The molecule has 5 nitrogen and oxygen atoms in total. The Bertz CT molecular complexity index is 858. The number of aromatic nitrogens is 1. The van der Waals surface area contributed by atoms with Gasteiger partial charge in [0.05, 0.1) is 18.1 Å². The molecule has 2 N–H and O–H groups in total. The lowest BCUT2D eigenvalue weighted by Gasteiger charge is -1.99. The number of oxazole rings is 1. The molecule has 0 amide bonds. The normalized spacial score (nSPS) is 11.2. The molecule has 5 heteroatoms. The summed E-state index contributed by atoms with van der Waals surface area (Å²) in [7, 11) is 0. The third kappa shape index (κ3) is 1.60. The number of benzene rings is 1. The molecule has 98 valence electrons. The zero-order chi connectivity index (χ0) is 13.5. The van der Waals surface area contributed by atoms with Crippen LogP contribution in [-0.2, 0) is 0 Å². The average molecular weight is 266 g/mol. The minimum Gasteiger partial charge on any atom is -0.464 e. The molecule has 0 saturated heterocycles. The van der Waals surface area contributed by atoms with Crippen LogP contribution >= 0.6 is 0 Å². The predicted molar refractivity (Wildman–Crippen MR) is 73.8 cm³/mol. The van der Waals surface area contributed by atoms with E-state index in [1.807, 2.05) is 12.1 Å². The van der Waals surface area contributed by atoms with Crippen LogP contribution in [0.4, 0.5) is 5.69 Å². The van der Waals surface area contributed by atoms with Crippen LogP contribution < -0.4 is 5.73 Å². The highest BCUT2D eigenvalue weighted by Crippen LogP contribution is 2.34. The van der Waals surface area contributed by atoms with E-state index in [2.05, 4.69) is 4.98 Å². The van der Waals surface area contributed by atoms with Crippen LogP contribution in [0.25, 0.3) is 34.1 Å². The Balaban J connectivity index is 2.00. The molecular weight excluding hydrogens is 256 g/mol. The number of nitrogen functional groups attached to an aromatic ring is 1. The maximum Gasteiger partial charge on any atom is 0.263 e. The van der Waals surface area contributed by atoms with Gasteiger partial charge in [-0.3, -0.25) is 0 Å². The Labute approximate surface area is 113 Å². The molecule has 0 fully saturated rings. The van der Waals surface area contributed by atoms with Crippen molar-refractivity contribution in [1.29, 1.82) is 0 Å². The van der Waals surface area contributed by atoms with Crippen LogP contribution in [0.3, 0.4) is 0 Å². The fraction of sp³-hybridized carbons (Fsp3) is 0. The monoisotopic (exact) mass is 266 g/mol. The number of fused-ring (bicyclic) bond motifs is 1. The van der Waals surface area contributed by atoms with Gasteiger partial charge >= 0.3 is 0 Å². The van der Waals surface area contributed by atoms with Crippen molar-refractivity contribution in [3.63, 3.8) is 0 Å². The molecule has 0 aliphatic rings. The van der Waals surface area contributed by atoms with Crippen molar-refractivity contribution in [3.8, 4) is 23.0 Å². The number of hydrogen-bond donors (Lipinski definition) is 1. The van der Waals surface area contributed by atoms with Gasteiger partial charge in [-0.15, -0.1) is 0 Å². The smallest absolute Gasteiger partial charge is 0.263 e. The lowest BCUT2D eigenvalue weighted by atomic mass is 10.1. The summed E-state index contributed by atoms with van der Waals surface area (Å²) in [6, 6.07) is 10.8. The first-order valence-corrected chi connectivity index (χ1v) is 6.09. The van der Waals surface area contributed by atoms with Crippen molar-refractivity contribution >= 4 is 16.8 Å². The van der Waals surface area contributed by atoms with Crippen molar-refractivity contribution < 1.29 is 13.3 Å². The van der Waals surface area contributed by atoms with E-state index in [1.165, 1.54) is 0 Å². The molecule has 0 aliphatic carbocycles. The van der Waals surface area contributed by atoms with Crippen LogP contribution in [0.5, 0.6) is 0 Å². The quantitative estimate of drug-likeness (QED) is 0.556. The van der Waals surface area contributed by atoms with Crippen molar-refractivity contribution in [2.45, 2.75) is 0 Å².